The number of rotatable bonds is 9. The summed E-state index contributed by atoms with van der Waals surface area (Å²) in [5.41, 5.74) is 4.18. The van der Waals surface area contributed by atoms with E-state index in [-0.39, 0.29) is 17.8 Å². The fourth-order valence-corrected chi connectivity index (χ4v) is 3.58. The van der Waals surface area contributed by atoms with Crippen LogP contribution in [0.1, 0.15) is 19.4 Å². The number of aromatic nitrogens is 3. The molecule has 3 rings (SSSR count). The Labute approximate surface area is 196 Å². The van der Waals surface area contributed by atoms with E-state index in [2.05, 4.69) is 20.7 Å². The molecule has 0 unspecified atom stereocenters. The highest BCUT2D eigenvalue weighted by Gasteiger charge is 2.13. The van der Waals surface area contributed by atoms with Crippen LogP contribution >= 0.6 is 23.4 Å². The van der Waals surface area contributed by atoms with Crippen molar-refractivity contribution in [2.75, 3.05) is 12.9 Å². The van der Waals surface area contributed by atoms with Crippen molar-refractivity contribution in [1.82, 2.24) is 20.2 Å². The Kier molecular flexibility index (Phi) is 8.13. The number of thioether (sulfide) groups is 1. The van der Waals surface area contributed by atoms with Gasteiger partial charge in [0.1, 0.15) is 0 Å². The van der Waals surface area contributed by atoms with Gasteiger partial charge < -0.3 is 14.0 Å². The minimum absolute atomic E-state index is 0.0383. The second-order valence-electron chi connectivity index (χ2n) is 7.03. The Bertz CT molecular complexity index is 1100. The molecule has 0 saturated carbocycles. The Balaban J connectivity index is 1.54. The van der Waals surface area contributed by atoms with Crippen molar-refractivity contribution in [2.24, 2.45) is 12.1 Å². The van der Waals surface area contributed by atoms with Gasteiger partial charge in [-0.3, -0.25) is 4.79 Å². The molecule has 32 heavy (non-hydrogen) atoms. The summed E-state index contributed by atoms with van der Waals surface area (Å²) in [5.74, 6) is 1.84. The molecule has 2 aromatic carbocycles. The first-order valence-electron chi connectivity index (χ1n) is 9.82. The predicted molar refractivity (Wildman–Crippen MR) is 127 cm³/mol. The zero-order valence-corrected chi connectivity index (χ0v) is 19.8. The number of methoxy groups -OCH3 is 1. The molecule has 1 heterocycles. The standard InChI is InChI=1S/C22H24ClN5O3S/c1-14(2)31-18-10-5-15(11-19(18)30-4)12-24-25-20(29)13-32-22-27-26-21(28(22)3)16-6-8-17(23)9-7-16/h5-12,14H,13H2,1-4H3,(H,25,29)/b24-12-. The number of nitrogens with zero attached hydrogens (tertiary/aromatic N) is 4. The maximum absolute atomic E-state index is 12.2. The molecule has 8 nitrogen and oxygen atoms in total. The highest BCUT2D eigenvalue weighted by molar-refractivity contribution is 7.99. The summed E-state index contributed by atoms with van der Waals surface area (Å²) in [7, 11) is 3.43. The van der Waals surface area contributed by atoms with Gasteiger partial charge in [-0.1, -0.05) is 23.4 Å². The van der Waals surface area contributed by atoms with Gasteiger partial charge in [-0.25, -0.2) is 5.43 Å². The van der Waals surface area contributed by atoms with E-state index >= 15 is 0 Å². The van der Waals surface area contributed by atoms with Gasteiger partial charge in [-0.05, 0) is 61.9 Å². The van der Waals surface area contributed by atoms with Gasteiger partial charge in [0.25, 0.3) is 5.91 Å². The highest BCUT2D eigenvalue weighted by atomic mass is 35.5. The summed E-state index contributed by atoms with van der Waals surface area (Å²) >= 11 is 7.21. The van der Waals surface area contributed by atoms with Crippen LogP contribution in [0.3, 0.4) is 0 Å². The van der Waals surface area contributed by atoms with E-state index in [1.54, 1.807) is 31.5 Å². The predicted octanol–water partition coefficient (Wildman–Crippen LogP) is 4.17. The molecule has 1 amide bonds. The van der Waals surface area contributed by atoms with Crippen molar-refractivity contribution in [3.8, 4) is 22.9 Å². The molecule has 0 fully saturated rings. The normalized spacial score (nSPS) is 11.2. The lowest BCUT2D eigenvalue weighted by Gasteiger charge is -2.13. The summed E-state index contributed by atoms with van der Waals surface area (Å²) in [4.78, 5) is 12.2. The van der Waals surface area contributed by atoms with Crippen LogP contribution in [0.4, 0.5) is 0 Å². The molecule has 10 heteroatoms. The minimum atomic E-state index is -0.256. The molecule has 0 aliphatic heterocycles. The molecule has 0 saturated heterocycles. The first kappa shape index (κ1) is 23.6. The molecule has 0 aliphatic rings. The van der Waals surface area contributed by atoms with E-state index in [1.165, 1.54) is 11.8 Å². The number of amides is 1. The average molecular weight is 474 g/mol. The first-order valence-corrected chi connectivity index (χ1v) is 11.2. The van der Waals surface area contributed by atoms with Crippen LogP contribution < -0.4 is 14.9 Å². The number of ether oxygens (including phenoxy) is 2. The van der Waals surface area contributed by atoms with Crippen molar-refractivity contribution in [1.29, 1.82) is 0 Å². The number of hydrogen-bond acceptors (Lipinski definition) is 7. The first-order chi connectivity index (χ1) is 15.4. The molecular weight excluding hydrogens is 450 g/mol. The van der Waals surface area contributed by atoms with Crippen LogP contribution in [-0.4, -0.2) is 45.9 Å². The van der Waals surface area contributed by atoms with Crippen LogP contribution in [0.15, 0.2) is 52.7 Å². The fourth-order valence-electron chi connectivity index (χ4n) is 2.75. The number of carbonyl (C=O) groups excluding carboxylic acids is 1. The molecule has 0 radical (unpaired) electrons. The maximum atomic E-state index is 12.2. The number of hydrazone groups is 1. The molecule has 1 N–H and O–H groups in total. The summed E-state index contributed by atoms with van der Waals surface area (Å²) in [6.07, 6.45) is 1.59. The smallest absolute Gasteiger partial charge is 0.250 e. The van der Waals surface area contributed by atoms with Crippen molar-refractivity contribution in [3.05, 3.63) is 53.1 Å². The summed E-state index contributed by atoms with van der Waals surface area (Å²) < 4.78 is 12.9. The van der Waals surface area contributed by atoms with E-state index in [9.17, 15) is 4.79 Å². The number of nitrogens with one attached hydrogen (secondary N) is 1. The van der Waals surface area contributed by atoms with Gasteiger partial charge in [-0.2, -0.15) is 5.10 Å². The van der Waals surface area contributed by atoms with Gasteiger partial charge in [-0.15, -0.1) is 10.2 Å². The molecule has 0 aliphatic carbocycles. The lowest BCUT2D eigenvalue weighted by Crippen LogP contribution is -2.19. The van der Waals surface area contributed by atoms with Crippen LogP contribution in [0.2, 0.25) is 5.02 Å². The Hall–Kier alpha value is -3.04. The second kappa shape index (κ2) is 11.0. The second-order valence-corrected chi connectivity index (χ2v) is 8.41. The van der Waals surface area contributed by atoms with E-state index < -0.39 is 0 Å². The van der Waals surface area contributed by atoms with Crippen molar-refractivity contribution >= 4 is 35.5 Å². The van der Waals surface area contributed by atoms with Crippen molar-refractivity contribution in [2.45, 2.75) is 25.1 Å². The van der Waals surface area contributed by atoms with Gasteiger partial charge in [0, 0.05) is 17.6 Å². The number of halogens is 1. The van der Waals surface area contributed by atoms with Gasteiger partial charge in [0.2, 0.25) is 0 Å². The van der Waals surface area contributed by atoms with E-state index in [4.69, 9.17) is 21.1 Å². The van der Waals surface area contributed by atoms with E-state index in [1.807, 2.05) is 49.7 Å². The Morgan fingerprint density at radius 3 is 2.66 bits per heavy atom. The summed E-state index contributed by atoms with van der Waals surface area (Å²) in [6, 6.07) is 12.8. The molecule has 3 aromatic rings. The third-order valence-electron chi connectivity index (χ3n) is 4.22. The molecule has 0 spiro atoms. The zero-order valence-electron chi connectivity index (χ0n) is 18.2. The highest BCUT2D eigenvalue weighted by Crippen LogP contribution is 2.28. The Morgan fingerprint density at radius 1 is 1.22 bits per heavy atom. The van der Waals surface area contributed by atoms with Crippen LogP contribution in [0.25, 0.3) is 11.4 Å². The zero-order chi connectivity index (χ0) is 23.1. The Morgan fingerprint density at radius 2 is 1.97 bits per heavy atom. The molecule has 1 aromatic heterocycles. The van der Waals surface area contributed by atoms with E-state index in [0.29, 0.717) is 27.5 Å². The quantitative estimate of drug-likeness (QED) is 0.285. The van der Waals surface area contributed by atoms with Gasteiger partial charge in [0.15, 0.2) is 22.5 Å². The maximum Gasteiger partial charge on any atom is 0.250 e. The third-order valence-corrected chi connectivity index (χ3v) is 5.50. The van der Waals surface area contributed by atoms with Crippen LogP contribution in [-0.2, 0) is 11.8 Å². The minimum Gasteiger partial charge on any atom is -0.493 e. The monoisotopic (exact) mass is 473 g/mol. The topological polar surface area (TPSA) is 90.6 Å². The fraction of sp³-hybridized carbons (Fsp3) is 0.273. The molecule has 0 bridgehead atoms. The molecule has 0 atom stereocenters. The largest absolute Gasteiger partial charge is 0.493 e. The SMILES string of the molecule is COc1cc(/C=N\NC(=O)CSc2nnc(-c3ccc(Cl)cc3)n2C)ccc1OC(C)C. The molecular formula is C22H24ClN5O3S. The van der Waals surface area contributed by atoms with Crippen molar-refractivity contribution < 1.29 is 14.3 Å². The van der Waals surface area contributed by atoms with Gasteiger partial charge >= 0.3 is 0 Å². The average Bonchev–Trinajstić information content (AvgIpc) is 3.13. The summed E-state index contributed by atoms with van der Waals surface area (Å²) in [5, 5.41) is 13.7. The number of hydrogen-bond donors (Lipinski definition) is 1. The lowest BCUT2D eigenvalue weighted by atomic mass is 10.2. The van der Waals surface area contributed by atoms with Crippen LogP contribution in [0, 0.1) is 0 Å². The van der Waals surface area contributed by atoms with Gasteiger partial charge in [0.05, 0.1) is 25.2 Å². The number of carbonyl (C=O) groups is 1. The lowest BCUT2D eigenvalue weighted by molar-refractivity contribution is -0.118. The van der Waals surface area contributed by atoms with Crippen molar-refractivity contribution in [3.63, 3.8) is 0 Å². The van der Waals surface area contributed by atoms with E-state index in [0.717, 1.165) is 11.1 Å². The number of benzene rings is 2. The third kappa shape index (κ3) is 6.24. The summed E-state index contributed by atoms with van der Waals surface area (Å²) in [6.45, 7) is 3.89. The van der Waals surface area contributed by atoms with Crippen LogP contribution in [0.5, 0.6) is 11.5 Å². The molecule has 168 valence electrons.